The molecule has 2 aliphatic heterocycles. The highest BCUT2D eigenvalue weighted by Crippen LogP contribution is 2.37. The fraction of sp³-hybridized carbons (Fsp3) is 0.682. The third-order valence-corrected chi connectivity index (χ3v) is 12.3. The maximum Gasteiger partial charge on any atom is 0.251 e. The van der Waals surface area contributed by atoms with E-state index in [1.165, 1.54) is 74.9 Å². The molecule has 2 aliphatic rings. The second kappa shape index (κ2) is 26.3. The number of unbranched alkanes of at least 4 members (excludes halogenated alkanes) is 12. The first-order valence-corrected chi connectivity index (χ1v) is 22.8. The van der Waals surface area contributed by atoms with Crippen molar-refractivity contribution in [1.82, 2.24) is 10.6 Å². The van der Waals surface area contributed by atoms with Crippen LogP contribution in [0.25, 0.3) is 0 Å². The maximum atomic E-state index is 13.5. The van der Waals surface area contributed by atoms with E-state index in [2.05, 4.69) is 24.5 Å². The van der Waals surface area contributed by atoms with Gasteiger partial charge in [0.2, 0.25) is 0 Å². The number of aliphatic hydroxyl groups is 6. The molecule has 4 rings (SSSR count). The smallest absolute Gasteiger partial charge is 0.251 e. The topological polar surface area (TPSA) is 257 Å². The van der Waals surface area contributed by atoms with Crippen molar-refractivity contribution < 1.29 is 69.4 Å². The molecule has 2 aromatic carbocycles. The van der Waals surface area contributed by atoms with Gasteiger partial charge >= 0.3 is 0 Å². The minimum atomic E-state index is -1.67. The van der Waals surface area contributed by atoms with Gasteiger partial charge in [0.05, 0.1) is 38.5 Å². The molecule has 61 heavy (non-hydrogen) atoms. The molecular weight excluding hydrogens is 813 g/mol. The first-order chi connectivity index (χ1) is 29.4. The second-order valence-corrected chi connectivity index (χ2v) is 17.1. The summed E-state index contributed by atoms with van der Waals surface area (Å²) < 4.78 is 23.2. The zero-order valence-electron chi connectivity index (χ0n) is 35.4. The maximum absolute atomic E-state index is 13.5. The summed E-state index contributed by atoms with van der Waals surface area (Å²) >= 11 is 0.688. The Morgan fingerprint density at radius 3 is 1.28 bits per heavy atom. The molecule has 2 heterocycles. The highest BCUT2D eigenvalue weighted by atomic mass is 32.2. The fourth-order valence-electron chi connectivity index (χ4n) is 7.44. The lowest BCUT2D eigenvalue weighted by Gasteiger charge is -2.46. The predicted octanol–water partition coefficient (Wildman–Crippen LogP) is 3.86. The molecule has 2 fully saturated rings. The number of amides is 2. The van der Waals surface area contributed by atoms with Crippen LogP contribution >= 0.6 is 11.8 Å². The number of nitrogens with one attached hydrogen (secondary N) is 2. The van der Waals surface area contributed by atoms with Gasteiger partial charge in [-0.1, -0.05) is 103 Å². The Hall–Kier alpha value is -3.39. The average Bonchev–Trinajstić information content (AvgIpc) is 3.24. The number of rotatable bonds is 26. The number of phenols is 2. The number of phenolic OH excluding ortho intramolecular Hbond substituents is 2. The standard InChI is InChI=1S/C44H68N2O14S/c1-3-5-7-9-11-13-15-17-57-31-21-27(19-29(49)23-31)41(55)45-35-37(51)33(25-47)59-43(39(35)53)61-44-40(54)36(38(52)34(26-48)60-44)46-42(56)28-20-30(50)24-32(22-28)58-18-16-14-12-10-8-6-4-2/h19-24,33-40,43-44,47-54H,3-18,25-26H2,1-2H3,(H,45,55)(H,46,56)/t33-,34+,35-,36?,37-,38-,39+,40?,43?,44?/m0/s1. The minimum Gasteiger partial charge on any atom is -0.508 e. The van der Waals surface area contributed by atoms with Crippen molar-refractivity contribution in [3.8, 4) is 23.0 Å². The van der Waals surface area contributed by atoms with Crippen molar-refractivity contribution in [1.29, 1.82) is 0 Å². The number of ether oxygens (including phenoxy) is 4. The monoisotopic (exact) mass is 880 g/mol. The molecule has 2 saturated heterocycles. The molecule has 17 heteroatoms. The Morgan fingerprint density at radius 2 is 0.918 bits per heavy atom. The van der Waals surface area contributed by atoms with Crippen LogP contribution in [-0.2, 0) is 9.47 Å². The fourth-order valence-corrected chi connectivity index (χ4v) is 8.77. The number of carbonyl (C=O) groups is 2. The second-order valence-electron chi connectivity index (χ2n) is 15.9. The van der Waals surface area contributed by atoms with Crippen LogP contribution in [0.4, 0.5) is 0 Å². The number of aromatic hydroxyl groups is 2. The van der Waals surface area contributed by atoms with Gasteiger partial charge in [0.1, 0.15) is 70.5 Å². The van der Waals surface area contributed by atoms with E-state index in [0.29, 0.717) is 25.0 Å². The van der Waals surface area contributed by atoms with E-state index in [4.69, 9.17) is 18.9 Å². The van der Waals surface area contributed by atoms with Crippen LogP contribution in [0.5, 0.6) is 23.0 Å². The van der Waals surface area contributed by atoms with Gasteiger partial charge < -0.3 is 70.4 Å². The summed E-state index contributed by atoms with van der Waals surface area (Å²) in [6.45, 7) is 3.65. The number of hydrogen-bond donors (Lipinski definition) is 10. The van der Waals surface area contributed by atoms with Crippen LogP contribution < -0.4 is 20.1 Å². The number of benzene rings is 2. The van der Waals surface area contributed by atoms with E-state index in [-0.39, 0.29) is 34.1 Å². The Balaban J connectivity index is 1.39. The van der Waals surface area contributed by atoms with E-state index < -0.39 is 84.6 Å². The van der Waals surface area contributed by atoms with E-state index in [1.54, 1.807) is 0 Å². The Bertz CT molecular complexity index is 1510. The van der Waals surface area contributed by atoms with E-state index in [1.807, 2.05) is 0 Å². The molecule has 0 aromatic heterocycles. The summed E-state index contributed by atoms with van der Waals surface area (Å²) in [4.78, 5) is 27.0. The van der Waals surface area contributed by atoms with E-state index in [0.717, 1.165) is 51.4 Å². The average molecular weight is 881 g/mol. The molecule has 0 bridgehead atoms. The molecule has 2 amide bonds. The first-order valence-electron chi connectivity index (χ1n) is 21.9. The van der Waals surface area contributed by atoms with Crippen molar-refractivity contribution in [2.45, 2.75) is 163 Å². The predicted molar refractivity (Wildman–Crippen MR) is 229 cm³/mol. The van der Waals surface area contributed by atoms with Gasteiger partial charge in [0.25, 0.3) is 11.8 Å². The van der Waals surface area contributed by atoms with Crippen LogP contribution in [0.15, 0.2) is 36.4 Å². The van der Waals surface area contributed by atoms with Gasteiger partial charge in [0.15, 0.2) is 0 Å². The lowest BCUT2D eigenvalue weighted by molar-refractivity contribution is -0.175. The first kappa shape index (κ1) is 50.3. The number of hydrogen-bond acceptors (Lipinski definition) is 15. The number of aliphatic hydroxyl groups excluding tert-OH is 6. The number of carbonyl (C=O) groups excluding carboxylic acids is 2. The van der Waals surface area contributed by atoms with Crippen LogP contribution in [0, 0.1) is 0 Å². The highest BCUT2D eigenvalue weighted by molar-refractivity contribution is 8.00. The Labute approximate surface area is 363 Å². The zero-order valence-corrected chi connectivity index (χ0v) is 36.2. The van der Waals surface area contributed by atoms with E-state index >= 15 is 0 Å². The zero-order chi connectivity index (χ0) is 44.3. The molecule has 4 unspecified atom stereocenters. The lowest BCUT2D eigenvalue weighted by Crippen LogP contribution is -2.66. The third kappa shape index (κ3) is 15.4. The van der Waals surface area contributed by atoms with Gasteiger partial charge in [-0.25, -0.2) is 0 Å². The number of thioether (sulfide) groups is 1. The van der Waals surface area contributed by atoms with Crippen LogP contribution in [0.3, 0.4) is 0 Å². The van der Waals surface area contributed by atoms with Gasteiger partial charge in [-0.3, -0.25) is 9.59 Å². The molecule has 10 atom stereocenters. The van der Waals surface area contributed by atoms with Gasteiger partial charge in [-0.05, 0) is 37.1 Å². The molecule has 0 aliphatic carbocycles. The van der Waals surface area contributed by atoms with Crippen molar-refractivity contribution in [2.24, 2.45) is 0 Å². The van der Waals surface area contributed by atoms with Crippen LogP contribution in [0.1, 0.15) is 124 Å². The Kier molecular flexibility index (Phi) is 21.7. The van der Waals surface area contributed by atoms with Gasteiger partial charge in [0, 0.05) is 23.3 Å². The summed E-state index contributed by atoms with van der Waals surface area (Å²) in [6.07, 6.45) is 6.00. The molecule has 0 radical (unpaired) electrons. The SMILES string of the molecule is CCCCCCCCCOc1cc(O)cc(C(=O)NC2C(O)C(SC3O[C@@H](CO)[C@H](O)[C@H](NC(=O)c4cc(O)cc(OCCCCCCCCC)c4)[C@H]3O)O[C@H](CO)[C@@H]2O)c1. The van der Waals surface area contributed by atoms with Crippen molar-refractivity contribution >= 4 is 23.6 Å². The molecule has 0 spiro atoms. The highest BCUT2D eigenvalue weighted by Gasteiger charge is 2.51. The quantitative estimate of drug-likeness (QED) is 0.0602. The molecule has 2 aromatic rings. The molecule has 16 nitrogen and oxygen atoms in total. The van der Waals surface area contributed by atoms with Gasteiger partial charge in [-0.15, -0.1) is 0 Å². The van der Waals surface area contributed by atoms with Crippen LogP contribution in [-0.4, -0.2) is 139 Å². The van der Waals surface area contributed by atoms with Gasteiger partial charge in [-0.2, -0.15) is 0 Å². The molecule has 0 saturated carbocycles. The largest absolute Gasteiger partial charge is 0.508 e. The van der Waals surface area contributed by atoms with Crippen molar-refractivity contribution in [3.05, 3.63) is 47.5 Å². The van der Waals surface area contributed by atoms with Crippen molar-refractivity contribution in [2.75, 3.05) is 26.4 Å². The normalized spacial score (nSPS) is 26.4. The molecule has 10 N–H and O–H groups in total. The summed E-state index contributed by atoms with van der Waals surface area (Å²) in [5.74, 6) is -1.51. The summed E-state index contributed by atoms with van der Waals surface area (Å²) in [6, 6.07) is 5.14. The Morgan fingerprint density at radius 1 is 0.557 bits per heavy atom. The van der Waals surface area contributed by atoms with Crippen molar-refractivity contribution in [3.63, 3.8) is 0 Å². The molecular formula is C44H68N2O14S. The summed E-state index contributed by atoms with van der Waals surface area (Å²) in [7, 11) is 0. The summed E-state index contributed by atoms with van der Waals surface area (Å²) in [5, 5.41) is 91.1. The third-order valence-electron chi connectivity index (χ3n) is 11.0. The summed E-state index contributed by atoms with van der Waals surface area (Å²) in [5.41, 5.74) is -2.78. The van der Waals surface area contributed by atoms with Crippen LogP contribution in [0.2, 0.25) is 0 Å². The van der Waals surface area contributed by atoms with E-state index in [9.17, 15) is 50.4 Å². The molecule has 344 valence electrons. The lowest BCUT2D eigenvalue weighted by atomic mass is 9.96. The minimum absolute atomic E-state index is 0.0202.